The molecule has 3 fully saturated rings. The maximum Gasteiger partial charge on any atom is 0.316 e. The number of nitrogens with zero attached hydrogens (tertiary/aromatic N) is 4. The molecule has 12 atom stereocenters. The smallest absolute Gasteiger partial charge is 0.316 e. The molecule has 3 aliphatic heterocycles. The number of ether oxygens (including phenoxy) is 5. The molecule has 0 aliphatic carbocycles. The second kappa shape index (κ2) is 19.4. The molecule has 1 aromatic rings. The Balaban J connectivity index is 1.89. The van der Waals surface area contributed by atoms with Crippen LogP contribution in [-0.2, 0) is 49.5 Å². The molecule has 0 spiro atoms. The van der Waals surface area contributed by atoms with E-state index in [1.54, 1.807) is 32.9 Å². The van der Waals surface area contributed by atoms with E-state index in [1.165, 1.54) is 32.9 Å². The standard InChI is InChI=1S/C40H60N4O13/c1-11-32-40(8,49)33-17-30(41-26(6)45)22(2)18-39(7,53-21-28(20-52-33)42-54-19-27-12-14-29(15-13-27)44(50)51)36(24(4)34(46)25(5)37(48)56-32)57-38-35(47)31(43(9)10)16-23(3)55-38/h12-15,22-25,31-33,35-36,38,47,49H,11,16-21H2,1-10H3/b41-30?,42-28-/t22-,23-,24+,25-,31+,32+,33+,35-,36-,38+,39-,40-/m1/s1. The summed E-state index contributed by atoms with van der Waals surface area (Å²) in [5.41, 5.74) is -2.16. The zero-order valence-electron chi connectivity index (χ0n) is 34.7. The number of hydrogen-bond acceptors (Lipinski definition) is 15. The van der Waals surface area contributed by atoms with Crippen LogP contribution in [0.4, 0.5) is 5.69 Å². The van der Waals surface area contributed by atoms with Crippen molar-refractivity contribution in [2.24, 2.45) is 27.9 Å². The van der Waals surface area contributed by atoms with E-state index in [0.717, 1.165) is 0 Å². The summed E-state index contributed by atoms with van der Waals surface area (Å²) < 4.78 is 32.0. The molecule has 17 nitrogen and oxygen atoms in total. The Bertz CT molecular complexity index is 1650. The minimum Gasteiger partial charge on any atom is -0.459 e. The number of ketones is 1. The minimum absolute atomic E-state index is 0.0580. The van der Waals surface area contributed by atoms with Crippen LogP contribution in [0.2, 0.25) is 0 Å². The lowest BCUT2D eigenvalue weighted by Crippen LogP contribution is -2.59. The van der Waals surface area contributed by atoms with Gasteiger partial charge in [-0.15, -0.1) is 0 Å². The molecule has 318 valence electrons. The molecular formula is C40H60N4O13. The predicted octanol–water partition coefficient (Wildman–Crippen LogP) is 3.78. The summed E-state index contributed by atoms with van der Waals surface area (Å²) in [4.78, 5) is 63.4. The van der Waals surface area contributed by atoms with Crippen LogP contribution in [0, 0.1) is 27.9 Å². The Kier molecular flexibility index (Phi) is 15.6. The molecule has 1 aromatic carbocycles. The highest BCUT2D eigenvalue weighted by Gasteiger charge is 2.51. The van der Waals surface area contributed by atoms with Gasteiger partial charge in [0.05, 0.1) is 42.1 Å². The lowest BCUT2D eigenvalue weighted by Gasteiger charge is -2.47. The van der Waals surface area contributed by atoms with Crippen LogP contribution in [-0.4, -0.2) is 130 Å². The molecule has 0 unspecified atom stereocenters. The van der Waals surface area contributed by atoms with Crippen LogP contribution in [0.25, 0.3) is 0 Å². The summed E-state index contributed by atoms with van der Waals surface area (Å²) in [5, 5.41) is 39.3. The average molecular weight is 805 g/mol. The third-order valence-electron chi connectivity index (χ3n) is 11.3. The van der Waals surface area contributed by atoms with Gasteiger partial charge in [0.2, 0.25) is 5.91 Å². The molecule has 0 saturated carbocycles. The molecule has 2 bridgehead atoms. The molecule has 0 radical (unpaired) electrons. The Morgan fingerprint density at radius 1 is 1.11 bits per heavy atom. The van der Waals surface area contributed by atoms with Gasteiger partial charge in [-0.05, 0) is 84.7 Å². The second-order valence-electron chi connectivity index (χ2n) is 16.3. The summed E-state index contributed by atoms with van der Waals surface area (Å²) >= 11 is 0. The highest BCUT2D eigenvalue weighted by Crippen LogP contribution is 2.39. The first-order valence-electron chi connectivity index (χ1n) is 19.5. The van der Waals surface area contributed by atoms with Crippen molar-refractivity contribution in [3.63, 3.8) is 0 Å². The maximum atomic E-state index is 14.4. The molecule has 0 aromatic heterocycles. The van der Waals surface area contributed by atoms with Crippen molar-refractivity contribution in [1.29, 1.82) is 0 Å². The molecular weight excluding hydrogens is 744 g/mol. The molecule has 3 aliphatic rings. The minimum atomic E-state index is -1.86. The number of aliphatic hydroxyl groups is 2. The van der Waals surface area contributed by atoms with Crippen LogP contribution in [0.3, 0.4) is 0 Å². The van der Waals surface area contributed by atoms with Gasteiger partial charge < -0.3 is 43.6 Å². The summed E-state index contributed by atoms with van der Waals surface area (Å²) in [6.07, 6.45) is -5.35. The Hall–Kier alpha value is -3.71. The van der Waals surface area contributed by atoms with Crippen molar-refractivity contribution in [3.05, 3.63) is 39.9 Å². The summed E-state index contributed by atoms with van der Waals surface area (Å²) in [7, 11) is 3.69. The number of nitro groups is 1. The van der Waals surface area contributed by atoms with Crippen LogP contribution < -0.4 is 0 Å². The van der Waals surface area contributed by atoms with Gasteiger partial charge in [0.1, 0.15) is 36.0 Å². The largest absolute Gasteiger partial charge is 0.459 e. The van der Waals surface area contributed by atoms with Crippen molar-refractivity contribution in [2.75, 3.05) is 27.3 Å². The van der Waals surface area contributed by atoms with Crippen molar-refractivity contribution < 1.29 is 58.0 Å². The monoisotopic (exact) mass is 804 g/mol. The quantitative estimate of drug-likeness (QED) is 0.166. The van der Waals surface area contributed by atoms with Crippen molar-refractivity contribution in [3.8, 4) is 0 Å². The average Bonchev–Trinajstić information content (AvgIpc) is 3.16. The molecule has 1 amide bonds. The molecule has 4 rings (SSSR count). The van der Waals surface area contributed by atoms with E-state index in [9.17, 15) is 34.7 Å². The fourth-order valence-corrected chi connectivity index (χ4v) is 7.93. The Morgan fingerprint density at radius 3 is 2.37 bits per heavy atom. The fraction of sp³-hybridized carbons (Fsp3) is 0.725. The Labute approximate surface area is 334 Å². The summed E-state index contributed by atoms with van der Waals surface area (Å²) in [5.74, 6) is -4.73. The number of carbonyl (C=O) groups excluding carboxylic acids is 3. The first kappa shape index (κ1) is 46.0. The van der Waals surface area contributed by atoms with Gasteiger partial charge in [-0.2, -0.15) is 0 Å². The number of amides is 1. The van der Waals surface area contributed by atoms with E-state index in [0.29, 0.717) is 17.7 Å². The lowest BCUT2D eigenvalue weighted by molar-refractivity contribution is -0.384. The van der Waals surface area contributed by atoms with Gasteiger partial charge in [0, 0.05) is 43.1 Å². The zero-order chi connectivity index (χ0) is 42.4. The van der Waals surface area contributed by atoms with E-state index in [4.69, 9.17) is 28.5 Å². The number of likely N-dealkylation sites (N-methyl/N-ethyl adjacent to an activating group) is 1. The number of rotatable bonds is 8. The number of non-ortho nitro benzene ring substituents is 1. The SMILES string of the molecule is CC[C@@H]1OC(=O)[C@H](C)C(=O)[C@H](C)[C@@H](O[C@@H]2O[C@H](C)C[C@H](N(C)C)[C@H]2O)[C@@]2(C)C[C@@H](C)C(=NC(C)=O)C[C@H](OC/C(=N/OCc3ccc([N+](=O)[O-])cc3)CO2)[C@]1(C)O. The first-order chi connectivity index (χ1) is 26.7. The summed E-state index contributed by atoms with van der Waals surface area (Å²) in [6.45, 7) is 12.5. The number of Topliss-reactive ketones (excluding diaryl/α,β-unsaturated/α-hetero) is 1. The van der Waals surface area contributed by atoms with Gasteiger partial charge in [0.15, 0.2) is 12.1 Å². The number of fused-ring (bicyclic) bond motifs is 5. The maximum absolute atomic E-state index is 14.4. The van der Waals surface area contributed by atoms with Crippen molar-refractivity contribution in [1.82, 2.24) is 4.90 Å². The van der Waals surface area contributed by atoms with Gasteiger partial charge in [0.25, 0.3) is 5.69 Å². The van der Waals surface area contributed by atoms with Crippen LogP contribution in [0.1, 0.15) is 86.6 Å². The number of oxime groups is 1. The zero-order valence-corrected chi connectivity index (χ0v) is 34.7. The van der Waals surface area contributed by atoms with Gasteiger partial charge in [-0.1, -0.05) is 25.9 Å². The van der Waals surface area contributed by atoms with Crippen LogP contribution >= 0.6 is 0 Å². The third-order valence-corrected chi connectivity index (χ3v) is 11.3. The molecule has 3 saturated heterocycles. The highest BCUT2D eigenvalue weighted by molar-refractivity contribution is 6.00. The molecule has 57 heavy (non-hydrogen) atoms. The number of nitro benzene ring substituents is 1. The van der Waals surface area contributed by atoms with Crippen LogP contribution in [0.5, 0.6) is 0 Å². The van der Waals surface area contributed by atoms with Crippen molar-refractivity contribution in [2.45, 2.75) is 142 Å². The number of esters is 1. The normalized spacial score (nSPS) is 37.6. The van der Waals surface area contributed by atoms with E-state index in [1.807, 2.05) is 32.8 Å². The van der Waals surface area contributed by atoms with Gasteiger partial charge in [-0.3, -0.25) is 24.5 Å². The fourth-order valence-electron chi connectivity index (χ4n) is 7.93. The predicted molar refractivity (Wildman–Crippen MR) is 207 cm³/mol. The number of cyclic esters (lactones) is 1. The highest BCUT2D eigenvalue weighted by atomic mass is 16.7. The molecule has 3 heterocycles. The van der Waals surface area contributed by atoms with Gasteiger partial charge >= 0.3 is 5.97 Å². The number of aliphatic imine (C=N–C) groups is 1. The number of aliphatic hydroxyl groups excluding tert-OH is 1. The third kappa shape index (κ3) is 11.3. The number of benzene rings is 1. The number of carbonyl (C=O) groups is 3. The van der Waals surface area contributed by atoms with E-state index >= 15 is 0 Å². The van der Waals surface area contributed by atoms with Crippen molar-refractivity contribution >= 4 is 34.8 Å². The molecule has 2 N–H and O–H groups in total. The van der Waals surface area contributed by atoms with Crippen LogP contribution in [0.15, 0.2) is 34.4 Å². The topological polar surface area (TPSA) is 218 Å². The first-order valence-corrected chi connectivity index (χ1v) is 19.5. The molecule has 17 heteroatoms. The lowest BCUT2D eigenvalue weighted by atomic mass is 9.76. The Morgan fingerprint density at radius 2 is 1.77 bits per heavy atom. The number of hydrogen-bond donors (Lipinski definition) is 2. The van der Waals surface area contributed by atoms with E-state index in [-0.39, 0.29) is 62.6 Å². The van der Waals surface area contributed by atoms with E-state index in [2.05, 4.69) is 10.1 Å². The second-order valence-corrected chi connectivity index (χ2v) is 16.3. The summed E-state index contributed by atoms with van der Waals surface area (Å²) in [6, 6.07) is 5.45. The van der Waals surface area contributed by atoms with E-state index < -0.39 is 82.2 Å². The van der Waals surface area contributed by atoms with Gasteiger partial charge in [-0.25, -0.2) is 4.99 Å².